The van der Waals surface area contributed by atoms with E-state index in [0.29, 0.717) is 19.6 Å². The van der Waals surface area contributed by atoms with E-state index in [4.69, 9.17) is 9.84 Å². The molecule has 0 aromatic heterocycles. The number of carboxylic acid groups (broad SMARTS) is 1. The van der Waals surface area contributed by atoms with Gasteiger partial charge in [0.1, 0.15) is 12.4 Å². The zero-order chi connectivity index (χ0) is 19.6. The van der Waals surface area contributed by atoms with E-state index in [1.165, 1.54) is 5.56 Å². The number of benzene rings is 2. The maximum atomic E-state index is 11.8. The largest absolute Gasteiger partial charge is 0.489 e. The average Bonchev–Trinajstić information content (AvgIpc) is 2.64. The summed E-state index contributed by atoms with van der Waals surface area (Å²) >= 11 is 0. The Hall–Kier alpha value is -3.02. The van der Waals surface area contributed by atoms with Gasteiger partial charge in [0.25, 0.3) is 0 Å². The molecule has 0 saturated heterocycles. The van der Waals surface area contributed by atoms with Crippen LogP contribution in [0, 0.1) is 6.92 Å². The fourth-order valence-electron chi connectivity index (χ4n) is 2.59. The molecule has 0 aliphatic rings. The zero-order valence-electron chi connectivity index (χ0n) is 15.7. The summed E-state index contributed by atoms with van der Waals surface area (Å²) in [5, 5.41) is 14.1. The molecular formula is C21H26N2O4. The second-order valence-electron chi connectivity index (χ2n) is 6.47. The van der Waals surface area contributed by atoms with Crippen LogP contribution in [0.4, 0.5) is 4.79 Å². The fraction of sp³-hybridized carbons (Fsp3) is 0.333. The van der Waals surface area contributed by atoms with Crippen molar-refractivity contribution in [3.63, 3.8) is 0 Å². The van der Waals surface area contributed by atoms with Crippen LogP contribution >= 0.6 is 0 Å². The van der Waals surface area contributed by atoms with Crippen molar-refractivity contribution in [3.05, 3.63) is 65.2 Å². The van der Waals surface area contributed by atoms with Gasteiger partial charge in [-0.3, -0.25) is 4.79 Å². The number of aryl methyl sites for hydroxylation is 1. The first-order valence-corrected chi connectivity index (χ1v) is 8.98. The predicted octanol–water partition coefficient (Wildman–Crippen LogP) is 3.80. The Bertz CT molecular complexity index is 759. The predicted molar refractivity (Wildman–Crippen MR) is 104 cm³/mol. The lowest BCUT2D eigenvalue weighted by Gasteiger charge is -2.15. The lowest BCUT2D eigenvalue weighted by molar-refractivity contribution is -0.137. The minimum absolute atomic E-state index is 0.0415. The van der Waals surface area contributed by atoms with Gasteiger partial charge in [-0.2, -0.15) is 0 Å². The van der Waals surface area contributed by atoms with Crippen LogP contribution in [0.15, 0.2) is 48.5 Å². The molecule has 0 heterocycles. The number of carbonyl (C=O) groups excluding carboxylic acids is 1. The number of hydrogen-bond donors (Lipinski definition) is 3. The number of amides is 2. The van der Waals surface area contributed by atoms with Crippen LogP contribution in [0.2, 0.25) is 0 Å². The maximum Gasteiger partial charge on any atom is 0.315 e. The van der Waals surface area contributed by atoms with Gasteiger partial charge in [-0.1, -0.05) is 42.0 Å². The molecule has 144 valence electrons. The van der Waals surface area contributed by atoms with Crippen LogP contribution in [0.1, 0.15) is 42.5 Å². The molecule has 0 aliphatic carbocycles. The summed E-state index contributed by atoms with van der Waals surface area (Å²) in [7, 11) is 0. The van der Waals surface area contributed by atoms with E-state index in [-0.39, 0.29) is 18.5 Å². The smallest absolute Gasteiger partial charge is 0.315 e. The Morgan fingerprint density at radius 3 is 2.56 bits per heavy atom. The van der Waals surface area contributed by atoms with Gasteiger partial charge in [-0.25, -0.2) is 4.79 Å². The Balaban J connectivity index is 1.78. The van der Waals surface area contributed by atoms with Crippen molar-refractivity contribution in [3.8, 4) is 5.75 Å². The summed E-state index contributed by atoms with van der Waals surface area (Å²) in [4.78, 5) is 22.3. The molecule has 6 heteroatoms. The molecule has 1 unspecified atom stereocenters. The summed E-state index contributed by atoms with van der Waals surface area (Å²) < 4.78 is 5.80. The second-order valence-corrected chi connectivity index (χ2v) is 6.47. The van der Waals surface area contributed by atoms with Gasteiger partial charge < -0.3 is 20.5 Å². The van der Waals surface area contributed by atoms with E-state index in [1.807, 2.05) is 43.3 Å². The fourth-order valence-corrected chi connectivity index (χ4v) is 2.59. The van der Waals surface area contributed by atoms with E-state index in [0.717, 1.165) is 16.9 Å². The van der Waals surface area contributed by atoms with Crippen LogP contribution in [0.25, 0.3) is 0 Å². The number of nitrogens with one attached hydrogen (secondary N) is 2. The Labute approximate surface area is 159 Å². The van der Waals surface area contributed by atoms with Crippen molar-refractivity contribution in [1.29, 1.82) is 0 Å². The summed E-state index contributed by atoms with van der Waals surface area (Å²) in [6.07, 6.45) is 0.448. The van der Waals surface area contributed by atoms with Gasteiger partial charge in [-0.15, -0.1) is 0 Å². The van der Waals surface area contributed by atoms with Crippen molar-refractivity contribution >= 4 is 12.0 Å². The third-order valence-electron chi connectivity index (χ3n) is 4.07. The van der Waals surface area contributed by atoms with Gasteiger partial charge in [0.2, 0.25) is 0 Å². The minimum Gasteiger partial charge on any atom is -0.489 e. The highest BCUT2D eigenvalue weighted by molar-refractivity contribution is 5.74. The van der Waals surface area contributed by atoms with Crippen molar-refractivity contribution in [2.45, 2.75) is 39.3 Å². The number of carboxylic acids is 1. The number of urea groups is 1. The van der Waals surface area contributed by atoms with E-state index < -0.39 is 5.97 Å². The lowest BCUT2D eigenvalue weighted by atomic mass is 10.1. The second kappa shape index (κ2) is 10.2. The molecule has 0 spiro atoms. The first-order valence-electron chi connectivity index (χ1n) is 8.98. The van der Waals surface area contributed by atoms with E-state index in [2.05, 4.69) is 29.7 Å². The quantitative estimate of drug-likeness (QED) is 0.586. The molecule has 2 amide bonds. The van der Waals surface area contributed by atoms with Crippen molar-refractivity contribution in [2.75, 3.05) is 6.54 Å². The average molecular weight is 370 g/mol. The third-order valence-corrected chi connectivity index (χ3v) is 4.07. The van der Waals surface area contributed by atoms with Crippen LogP contribution in [-0.2, 0) is 11.4 Å². The number of ether oxygens (including phenoxy) is 1. The van der Waals surface area contributed by atoms with Crippen LogP contribution in [0.3, 0.4) is 0 Å². The summed E-state index contributed by atoms with van der Waals surface area (Å²) in [6, 6.07) is 15.3. The molecule has 6 nitrogen and oxygen atoms in total. The molecule has 0 saturated carbocycles. The van der Waals surface area contributed by atoms with Crippen LogP contribution in [0.5, 0.6) is 5.75 Å². The monoisotopic (exact) mass is 370 g/mol. The lowest BCUT2D eigenvalue weighted by Crippen LogP contribution is -2.37. The molecule has 0 fully saturated rings. The normalized spacial score (nSPS) is 11.5. The van der Waals surface area contributed by atoms with Gasteiger partial charge in [0, 0.05) is 13.0 Å². The minimum atomic E-state index is -0.865. The van der Waals surface area contributed by atoms with E-state index in [1.54, 1.807) is 0 Å². The van der Waals surface area contributed by atoms with Crippen molar-refractivity contribution in [1.82, 2.24) is 10.6 Å². The summed E-state index contributed by atoms with van der Waals surface area (Å²) in [5.41, 5.74) is 3.28. The van der Waals surface area contributed by atoms with Crippen molar-refractivity contribution < 1.29 is 19.4 Å². The number of aliphatic carboxylic acids is 1. The van der Waals surface area contributed by atoms with Crippen molar-refractivity contribution in [2.24, 2.45) is 0 Å². The number of rotatable bonds is 9. The zero-order valence-corrected chi connectivity index (χ0v) is 15.7. The first-order chi connectivity index (χ1) is 12.9. The summed E-state index contributed by atoms with van der Waals surface area (Å²) in [5.74, 6) is -0.0964. The molecule has 2 rings (SSSR count). The van der Waals surface area contributed by atoms with Gasteiger partial charge >= 0.3 is 12.0 Å². The number of hydrogen-bond acceptors (Lipinski definition) is 3. The highest BCUT2D eigenvalue weighted by atomic mass is 16.5. The standard InChI is InChI=1S/C21H26N2O4/c1-15-5-3-6-17(13-15)14-27-19-10-8-18(9-11-19)16(2)23-21(26)22-12-4-7-20(24)25/h3,5-6,8-11,13,16H,4,7,12,14H2,1-2H3,(H,24,25)(H2,22,23,26). The maximum absolute atomic E-state index is 11.8. The van der Waals surface area contributed by atoms with E-state index in [9.17, 15) is 9.59 Å². The highest BCUT2D eigenvalue weighted by Crippen LogP contribution is 2.19. The highest BCUT2D eigenvalue weighted by Gasteiger charge is 2.09. The molecule has 0 aliphatic heterocycles. The van der Waals surface area contributed by atoms with Gasteiger partial charge in [-0.05, 0) is 43.5 Å². The third kappa shape index (κ3) is 7.40. The molecule has 0 bridgehead atoms. The molecule has 3 N–H and O–H groups in total. The number of carbonyl (C=O) groups is 2. The van der Waals surface area contributed by atoms with E-state index >= 15 is 0 Å². The SMILES string of the molecule is Cc1cccc(COc2ccc(C(C)NC(=O)NCCCC(=O)O)cc2)c1. The molecule has 27 heavy (non-hydrogen) atoms. The molecular weight excluding hydrogens is 344 g/mol. The van der Waals surface area contributed by atoms with Gasteiger partial charge in [0.15, 0.2) is 0 Å². The topological polar surface area (TPSA) is 87.7 Å². The molecule has 2 aromatic rings. The first kappa shape index (κ1) is 20.3. The molecule has 0 radical (unpaired) electrons. The Morgan fingerprint density at radius 1 is 1.15 bits per heavy atom. The van der Waals surface area contributed by atoms with Gasteiger partial charge in [0.05, 0.1) is 6.04 Å². The molecule has 2 aromatic carbocycles. The Kier molecular flexibility index (Phi) is 7.67. The molecule has 1 atom stereocenters. The summed E-state index contributed by atoms with van der Waals surface area (Å²) in [6.45, 7) is 4.78. The van der Waals surface area contributed by atoms with Crippen LogP contribution < -0.4 is 15.4 Å². The Morgan fingerprint density at radius 2 is 1.89 bits per heavy atom. The van der Waals surface area contributed by atoms with Crippen LogP contribution in [-0.4, -0.2) is 23.7 Å².